The molecule has 7 nitrogen and oxygen atoms in total. The molecule has 1 amide bonds. The summed E-state index contributed by atoms with van der Waals surface area (Å²) >= 11 is 0. The molecule has 0 aliphatic heterocycles. The highest BCUT2D eigenvalue weighted by Crippen LogP contribution is 2.37. The molecule has 0 bridgehead atoms. The minimum atomic E-state index is -0.255. The molecule has 2 aromatic heterocycles. The predicted octanol–water partition coefficient (Wildman–Crippen LogP) is 0.553. The Morgan fingerprint density at radius 3 is 2.86 bits per heavy atom. The van der Waals surface area contributed by atoms with Crippen molar-refractivity contribution in [2.75, 3.05) is 0 Å². The second-order valence-electron chi connectivity index (χ2n) is 6.03. The summed E-state index contributed by atoms with van der Waals surface area (Å²) in [5.41, 5.74) is 1.86. The van der Waals surface area contributed by atoms with Crippen molar-refractivity contribution in [3.05, 3.63) is 35.9 Å². The SMILES string of the molecule is Cc1ccn(CC(=O)N[C@@H](c2cnn(C)c2)C2CC(O)C2)n1. The molecule has 118 valence electrons. The summed E-state index contributed by atoms with van der Waals surface area (Å²) in [6, 6.07) is 1.76. The van der Waals surface area contributed by atoms with Gasteiger partial charge in [-0.1, -0.05) is 0 Å². The molecular formula is C15H21N5O2. The first-order valence-corrected chi connectivity index (χ1v) is 7.47. The van der Waals surface area contributed by atoms with Crippen LogP contribution < -0.4 is 5.32 Å². The Kier molecular flexibility index (Phi) is 3.98. The summed E-state index contributed by atoms with van der Waals surface area (Å²) in [5, 5.41) is 21.0. The zero-order valence-electron chi connectivity index (χ0n) is 12.8. The standard InChI is InChI=1S/C15H21N5O2/c1-10-3-4-20(18-10)9-14(22)17-15(11-5-13(21)6-11)12-7-16-19(2)8-12/h3-4,7-8,11,13,15,21H,5-6,9H2,1-2H3,(H,17,22)/t11?,13?,15-/m1/s1. The largest absolute Gasteiger partial charge is 0.393 e. The maximum absolute atomic E-state index is 12.3. The summed E-state index contributed by atoms with van der Waals surface area (Å²) in [5.74, 6) is 0.167. The maximum atomic E-state index is 12.3. The minimum absolute atomic E-state index is 0.0849. The fourth-order valence-electron chi connectivity index (χ4n) is 2.89. The van der Waals surface area contributed by atoms with E-state index in [1.54, 1.807) is 21.8 Å². The topological polar surface area (TPSA) is 85.0 Å². The van der Waals surface area contributed by atoms with Gasteiger partial charge in [0, 0.05) is 25.0 Å². The third kappa shape index (κ3) is 3.19. The highest BCUT2D eigenvalue weighted by atomic mass is 16.3. The smallest absolute Gasteiger partial charge is 0.242 e. The molecule has 3 rings (SSSR count). The van der Waals surface area contributed by atoms with Gasteiger partial charge in [0.1, 0.15) is 6.54 Å². The molecule has 22 heavy (non-hydrogen) atoms. The number of hydrogen-bond acceptors (Lipinski definition) is 4. The van der Waals surface area contributed by atoms with E-state index in [4.69, 9.17) is 0 Å². The fourth-order valence-corrected chi connectivity index (χ4v) is 2.89. The van der Waals surface area contributed by atoms with Gasteiger partial charge < -0.3 is 10.4 Å². The van der Waals surface area contributed by atoms with Crippen molar-refractivity contribution in [3.8, 4) is 0 Å². The summed E-state index contributed by atoms with van der Waals surface area (Å²) in [6.45, 7) is 2.09. The summed E-state index contributed by atoms with van der Waals surface area (Å²) in [4.78, 5) is 12.3. The van der Waals surface area contributed by atoms with E-state index in [-0.39, 0.29) is 30.5 Å². The number of nitrogens with zero attached hydrogens (tertiary/aromatic N) is 4. The Labute approximate surface area is 128 Å². The molecule has 2 aromatic rings. The lowest BCUT2D eigenvalue weighted by Crippen LogP contribution is -2.42. The van der Waals surface area contributed by atoms with E-state index in [1.807, 2.05) is 26.2 Å². The van der Waals surface area contributed by atoms with E-state index < -0.39 is 0 Å². The van der Waals surface area contributed by atoms with Crippen LogP contribution in [0.1, 0.15) is 30.1 Å². The molecule has 0 saturated heterocycles. The van der Waals surface area contributed by atoms with Crippen LogP contribution in [0.15, 0.2) is 24.7 Å². The van der Waals surface area contributed by atoms with Crippen LogP contribution in [0, 0.1) is 12.8 Å². The first kappa shape index (κ1) is 14.8. The van der Waals surface area contributed by atoms with Gasteiger partial charge in [0.15, 0.2) is 0 Å². The number of aliphatic hydroxyl groups is 1. The number of nitrogens with one attached hydrogen (secondary N) is 1. The predicted molar refractivity (Wildman–Crippen MR) is 79.8 cm³/mol. The molecule has 0 aromatic carbocycles. The molecule has 2 N–H and O–H groups in total. The number of amides is 1. The fraction of sp³-hybridized carbons (Fsp3) is 0.533. The number of carbonyl (C=O) groups is 1. The van der Waals surface area contributed by atoms with Crippen molar-refractivity contribution in [1.82, 2.24) is 24.9 Å². The molecule has 1 saturated carbocycles. The molecule has 2 heterocycles. The Morgan fingerprint density at radius 2 is 2.32 bits per heavy atom. The maximum Gasteiger partial charge on any atom is 0.242 e. The van der Waals surface area contributed by atoms with Gasteiger partial charge in [-0.3, -0.25) is 14.2 Å². The van der Waals surface area contributed by atoms with Crippen molar-refractivity contribution in [1.29, 1.82) is 0 Å². The lowest BCUT2D eigenvalue weighted by Gasteiger charge is -2.37. The highest BCUT2D eigenvalue weighted by Gasteiger charge is 2.36. The molecule has 0 unspecified atom stereocenters. The summed E-state index contributed by atoms with van der Waals surface area (Å²) < 4.78 is 3.35. The number of rotatable bonds is 5. The van der Waals surface area contributed by atoms with Crippen molar-refractivity contribution in [3.63, 3.8) is 0 Å². The monoisotopic (exact) mass is 303 g/mol. The van der Waals surface area contributed by atoms with Gasteiger partial charge in [-0.15, -0.1) is 0 Å². The molecule has 1 fully saturated rings. The number of hydrogen-bond donors (Lipinski definition) is 2. The second-order valence-corrected chi connectivity index (χ2v) is 6.03. The Hall–Kier alpha value is -2.15. The number of carbonyl (C=O) groups excluding carboxylic acids is 1. The van der Waals surface area contributed by atoms with Crippen LogP contribution in [0.4, 0.5) is 0 Å². The first-order valence-electron chi connectivity index (χ1n) is 7.47. The van der Waals surface area contributed by atoms with Gasteiger partial charge in [0.25, 0.3) is 0 Å². The molecule has 0 radical (unpaired) electrons. The average Bonchev–Trinajstić information content (AvgIpc) is 3.02. The quantitative estimate of drug-likeness (QED) is 0.845. The Bertz CT molecular complexity index is 656. The van der Waals surface area contributed by atoms with Crippen LogP contribution in [0.3, 0.4) is 0 Å². The van der Waals surface area contributed by atoms with Crippen LogP contribution in [-0.2, 0) is 18.4 Å². The zero-order chi connectivity index (χ0) is 15.7. The van der Waals surface area contributed by atoms with Gasteiger partial charge in [0.05, 0.1) is 24.0 Å². The van der Waals surface area contributed by atoms with E-state index >= 15 is 0 Å². The molecule has 1 aliphatic rings. The number of aryl methyl sites for hydroxylation is 2. The van der Waals surface area contributed by atoms with Gasteiger partial charge in [-0.2, -0.15) is 10.2 Å². The third-order valence-corrected chi connectivity index (χ3v) is 4.10. The van der Waals surface area contributed by atoms with Crippen molar-refractivity contribution < 1.29 is 9.90 Å². The van der Waals surface area contributed by atoms with Gasteiger partial charge in [-0.05, 0) is 31.7 Å². The van der Waals surface area contributed by atoms with E-state index in [1.165, 1.54) is 0 Å². The molecule has 1 atom stereocenters. The molecule has 1 aliphatic carbocycles. The minimum Gasteiger partial charge on any atom is -0.393 e. The Balaban J connectivity index is 1.68. The van der Waals surface area contributed by atoms with E-state index in [2.05, 4.69) is 15.5 Å². The number of aromatic nitrogens is 4. The van der Waals surface area contributed by atoms with Crippen molar-refractivity contribution in [2.45, 2.75) is 38.5 Å². The van der Waals surface area contributed by atoms with Crippen LogP contribution in [0.25, 0.3) is 0 Å². The van der Waals surface area contributed by atoms with Crippen LogP contribution in [0.5, 0.6) is 0 Å². The van der Waals surface area contributed by atoms with Crippen LogP contribution >= 0.6 is 0 Å². The van der Waals surface area contributed by atoms with Crippen LogP contribution in [0.2, 0.25) is 0 Å². The van der Waals surface area contributed by atoms with E-state index in [0.29, 0.717) is 12.8 Å². The highest BCUT2D eigenvalue weighted by molar-refractivity contribution is 5.76. The summed E-state index contributed by atoms with van der Waals surface area (Å²) in [6.07, 6.45) is 6.64. The average molecular weight is 303 g/mol. The van der Waals surface area contributed by atoms with Gasteiger partial charge in [0.2, 0.25) is 5.91 Å². The third-order valence-electron chi connectivity index (χ3n) is 4.10. The molecule has 0 spiro atoms. The lowest BCUT2D eigenvalue weighted by atomic mass is 9.75. The number of aliphatic hydroxyl groups excluding tert-OH is 1. The van der Waals surface area contributed by atoms with Crippen molar-refractivity contribution in [2.24, 2.45) is 13.0 Å². The van der Waals surface area contributed by atoms with Gasteiger partial charge >= 0.3 is 0 Å². The van der Waals surface area contributed by atoms with E-state index in [9.17, 15) is 9.90 Å². The van der Waals surface area contributed by atoms with Crippen molar-refractivity contribution >= 4 is 5.91 Å². The summed E-state index contributed by atoms with van der Waals surface area (Å²) in [7, 11) is 1.85. The second kappa shape index (κ2) is 5.92. The zero-order valence-corrected chi connectivity index (χ0v) is 12.8. The normalized spacial score (nSPS) is 22.1. The molecule has 7 heteroatoms. The Morgan fingerprint density at radius 1 is 1.55 bits per heavy atom. The van der Waals surface area contributed by atoms with Crippen LogP contribution in [-0.4, -0.2) is 36.7 Å². The lowest BCUT2D eigenvalue weighted by molar-refractivity contribution is -0.123. The first-order chi connectivity index (χ1) is 10.5. The molecular weight excluding hydrogens is 282 g/mol. The van der Waals surface area contributed by atoms with Gasteiger partial charge in [-0.25, -0.2) is 0 Å². The van der Waals surface area contributed by atoms with E-state index in [0.717, 1.165) is 11.3 Å².